The molecule has 2 aromatic rings. The zero-order valence-electron chi connectivity index (χ0n) is 15.3. The van der Waals surface area contributed by atoms with Crippen LogP contribution in [-0.4, -0.2) is 23.2 Å². The van der Waals surface area contributed by atoms with Gasteiger partial charge in [0.05, 0.1) is 11.1 Å². The van der Waals surface area contributed by atoms with Gasteiger partial charge in [0.25, 0.3) is 0 Å². The molecule has 3 N–H and O–H groups in total. The summed E-state index contributed by atoms with van der Waals surface area (Å²) in [6.45, 7) is 1.48. The van der Waals surface area contributed by atoms with Crippen molar-refractivity contribution in [1.82, 2.24) is 5.32 Å². The van der Waals surface area contributed by atoms with E-state index in [2.05, 4.69) is 5.32 Å². The summed E-state index contributed by atoms with van der Waals surface area (Å²) >= 11 is 0. The summed E-state index contributed by atoms with van der Waals surface area (Å²) in [4.78, 5) is 10.2. The highest BCUT2D eigenvalue weighted by atomic mass is 19.4. The first kappa shape index (κ1) is 24.4. The molecule has 0 fully saturated rings. The molecule has 0 aromatic heterocycles. The Bertz CT molecular complexity index is 774. The first-order valence-corrected chi connectivity index (χ1v) is 8.19. The molecule has 10 heteroatoms. The maximum atomic E-state index is 12.5. The van der Waals surface area contributed by atoms with E-state index in [0.717, 1.165) is 12.1 Å². The summed E-state index contributed by atoms with van der Waals surface area (Å²) in [5.74, 6) is -1.23. The number of aliphatic hydroxyl groups excluding tert-OH is 1. The lowest BCUT2D eigenvalue weighted by atomic mass is 10.0. The Morgan fingerprint density at radius 3 is 1.69 bits per heavy atom. The first-order valence-electron chi connectivity index (χ1n) is 8.19. The van der Waals surface area contributed by atoms with Crippen molar-refractivity contribution in [2.24, 2.45) is 0 Å². The van der Waals surface area contributed by atoms with E-state index in [9.17, 15) is 31.1 Å². The number of carboxylic acid groups (broad SMARTS) is 1. The molecule has 0 unspecified atom stereocenters. The molecular weight excluding hydrogens is 404 g/mol. The zero-order chi connectivity index (χ0) is 22.4. The molecule has 2 rings (SSSR count). The van der Waals surface area contributed by atoms with Gasteiger partial charge in [-0.3, -0.25) is 0 Å². The fourth-order valence-electron chi connectivity index (χ4n) is 2.17. The fraction of sp³-hybridized carbons (Fsp3) is 0.316. The molecule has 160 valence electrons. The Hall–Kier alpha value is -2.59. The quantitative estimate of drug-likeness (QED) is 0.618. The van der Waals surface area contributed by atoms with Crippen molar-refractivity contribution in [3.05, 3.63) is 70.8 Å². The van der Waals surface area contributed by atoms with Crippen LogP contribution in [-0.2, 0) is 17.1 Å². The van der Waals surface area contributed by atoms with E-state index >= 15 is 0 Å². The van der Waals surface area contributed by atoms with Crippen molar-refractivity contribution in [2.45, 2.75) is 31.4 Å². The number of hydrogen-bond acceptors (Lipinski definition) is 3. The number of hydrogen-bond donors (Lipinski definition) is 3. The highest BCUT2D eigenvalue weighted by Gasteiger charge is 2.37. The normalized spacial score (nSPS) is 13.8. The molecule has 0 bridgehead atoms. The highest BCUT2D eigenvalue weighted by molar-refractivity contribution is 5.73. The second kappa shape index (κ2) is 9.75. The topological polar surface area (TPSA) is 69.6 Å². The van der Waals surface area contributed by atoms with Crippen molar-refractivity contribution in [2.75, 3.05) is 7.05 Å². The van der Waals surface area contributed by atoms with Gasteiger partial charge in [-0.15, -0.1) is 0 Å². The number of halogens is 6. The van der Waals surface area contributed by atoms with Crippen LogP contribution in [0, 0.1) is 0 Å². The third kappa shape index (κ3) is 7.39. The third-order valence-electron chi connectivity index (χ3n) is 3.89. The second-order valence-electron chi connectivity index (χ2n) is 6.00. The lowest BCUT2D eigenvalue weighted by Gasteiger charge is -2.17. The van der Waals surface area contributed by atoms with Gasteiger partial charge < -0.3 is 15.5 Å². The van der Waals surface area contributed by atoms with Crippen LogP contribution in [0.1, 0.15) is 41.3 Å². The Morgan fingerprint density at radius 1 is 0.897 bits per heavy atom. The number of aliphatic hydroxyl groups is 1. The predicted molar refractivity (Wildman–Crippen MR) is 93.0 cm³/mol. The van der Waals surface area contributed by atoms with E-state index < -0.39 is 41.6 Å². The van der Waals surface area contributed by atoms with Gasteiger partial charge in [-0.25, -0.2) is 4.79 Å². The molecule has 0 heterocycles. The molecule has 0 amide bonds. The molecule has 0 aliphatic rings. The monoisotopic (exact) mass is 423 g/mol. The zero-order valence-corrected chi connectivity index (χ0v) is 15.3. The van der Waals surface area contributed by atoms with Crippen molar-refractivity contribution >= 4 is 5.97 Å². The van der Waals surface area contributed by atoms with E-state index in [1.54, 1.807) is 30.3 Å². The molecule has 0 saturated carbocycles. The lowest BCUT2D eigenvalue weighted by Crippen LogP contribution is -2.17. The summed E-state index contributed by atoms with van der Waals surface area (Å²) in [5.41, 5.74) is -2.25. The average molecular weight is 423 g/mol. The van der Waals surface area contributed by atoms with Crippen molar-refractivity contribution in [3.8, 4) is 0 Å². The summed E-state index contributed by atoms with van der Waals surface area (Å²) in [5, 5.41) is 20.0. The van der Waals surface area contributed by atoms with E-state index in [1.807, 2.05) is 0 Å². The Balaban J connectivity index is 0.000000326. The predicted octanol–water partition coefficient (Wildman–Crippen LogP) is 4.81. The van der Waals surface area contributed by atoms with E-state index in [-0.39, 0.29) is 11.6 Å². The minimum atomic E-state index is -4.80. The van der Waals surface area contributed by atoms with Crippen LogP contribution in [0.25, 0.3) is 0 Å². The molecule has 29 heavy (non-hydrogen) atoms. The molecule has 2 atom stereocenters. The number of aliphatic carboxylic acids is 1. The van der Waals surface area contributed by atoms with Crippen LogP contribution in [0.5, 0.6) is 0 Å². The van der Waals surface area contributed by atoms with E-state index in [4.69, 9.17) is 10.2 Å². The van der Waals surface area contributed by atoms with Gasteiger partial charge >= 0.3 is 18.3 Å². The average Bonchev–Trinajstić information content (AvgIpc) is 2.66. The first-order chi connectivity index (χ1) is 13.3. The largest absolute Gasteiger partial charge is 0.479 e. The van der Waals surface area contributed by atoms with Crippen molar-refractivity contribution < 1.29 is 41.4 Å². The summed E-state index contributed by atoms with van der Waals surface area (Å²) in [6, 6.07) is 9.21. The summed E-state index contributed by atoms with van der Waals surface area (Å²) in [7, 11) is 1.46. The fourth-order valence-corrected chi connectivity index (χ4v) is 2.17. The van der Waals surface area contributed by atoms with Gasteiger partial charge in [0.15, 0.2) is 6.10 Å². The Kier molecular flexibility index (Phi) is 8.22. The van der Waals surface area contributed by atoms with Gasteiger partial charge in [-0.05, 0) is 43.3 Å². The molecule has 0 aliphatic carbocycles. The van der Waals surface area contributed by atoms with Crippen molar-refractivity contribution in [3.63, 3.8) is 0 Å². The number of carboxylic acids is 1. The smallest absolute Gasteiger partial charge is 0.416 e. The Labute approximate surface area is 162 Å². The van der Waals surface area contributed by atoms with E-state index in [0.29, 0.717) is 5.56 Å². The summed E-state index contributed by atoms with van der Waals surface area (Å²) < 4.78 is 75.1. The van der Waals surface area contributed by atoms with Gasteiger partial charge in [-0.2, -0.15) is 26.3 Å². The van der Waals surface area contributed by atoms with Crippen LogP contribution in [0.3, 0.4) is 0 Å². The van der Waals surface area contributed by atoms with E-state index in [1.165, 1.54) is 14.0 Å². The van der Waals surface area contributed by atoms with Crippen LogP contribution < -0.4 is 5.32 Å². The minimum Gasteiger partial charge on any atom is -0.479 e. The molecule has 0 spiro atoms. The minimum absolute atomic E-state index is 0.0559. The van der Waals surface area contributed by atoms with Crippen LogP contribution in [0.15, 0.2) is 48.5 Å². The third-order valence-corrected chi connectivity index (χ3v) is 3.89. The van der Waals surface area contributed by atoms with Gasteiger partial charge in [0.2, 0.25) is 0 Å². The van der Waals surface area contributed by atoms with Gasteiger partial charge in [0, 0.05) is 6.04 Å². The highest BCUT2D eigenvalue weighted by Crippen LogP contribution is 2.37. The second-order valence-corrected chi connectivity index (χ2v) is 6.00. The number of alkyl halides is 6. The van der Waals surface area contributed by atoms with Gasteiger partial charge in [0.1, 0.15) is 0 Å². The standard InChI is InChI=1S/C11H11F6N.C8H8O3/c1-6(18-2)7-3-8(10(12,13)14)5-9(4-7)11(15,16)17;9-7(8(10)11)6-4-2-1-3-5-6/h3-6,18H,1-2H3;1-5,7,9H,(H,10,11)/t6-;7-/m10/s1. The van der Waals surface area contributed by atoms with Crippen LogP contribution in [0.2, 0.25) is 0 Å². The molecule has 4 nitrogen and oxygen atoms in total. The molecule has 0 aliphatic heterocycles. The molecule has 2 aromatic carbocycles. The van der Waals surface area contributed by atoms with Gasteiger partial charge in [-0.1, -0.05) is 30.3 Å². The molecule has 0 saturated heterocycles. The van der Waals surface area contributed by atoms with Crippen molar-refractivity contribution in [1.29, 1.82) is 0 Å². The number of nitrogens with one attached hydrogen (secondary N) is 1. The Morgan fingerprint density at radius 2 is 1.34 bits per heavy atom. The maximum absolute atomic E-state index is 12.5. The number of benzene rings is 2. The molecule has 0 radical (unpaired) electrons. The van der Waals surface area contributed by atoms with Crippen LogP contribution in [0.4, 0.5) is 26.3 Å². The number of carbonyl (C=O) groups is 1. The number of rotatable bonds is 4. The maximum Gasteiger partial charge on any atom is 0.416 e. The lowest BCUT2D eigenvalue weighted by molar-refractivity contribution is -0.147. The molecular formula is C19H19F6NO3. The van der Waals surface area contributed by atoms with Crippen LogP contribution >= 0.6 is 0 Å². The summed E-state index contributed by atoms with van der Waals surface area (Å²) in [6.07, 6.45) is -11.0. The SMILES string of the molecule is CN[C@H](C)c1cc(C(F)(F)F)cc(C(F)(F)F)c1.O=C(O)[C@@H](O)c1ccccc1.